The van der Waals surface area contributed by atoms with Gasteiger partial charge in [0.15, 0.2) is 0 Å². The summed E-state index contributed by atoms with van der Waals surface area (Å²) in [5.41, 5.74) is 1.61. The number of hydrogen-bond acceptors (Lipinski definition) is 3. The molecule has 0 aromatic heterocycles. The van der Waals surface area contributed by atoms with E-state index >= 15 is 0 Å². The van der Waals surface area contributed by atoms with E-state index in [9.17, 15) is 4.79 Å². The zero-order chi connectivity index (χ0) is 11.5. The highest BCUT2D eigenvalue weighted by Gasteiger charge is 2.43. The average molecular weight is 212 g/mol. The molecular weight excluding hydrogens is 192 g/mol. The van der Waals surface area contributed by atoms with Crippen LogP contribution < -0.4 is 0 Å². The van der Waals surface area contributed by atoms with Gasteiger partial charge in [-0.2, -0.15) is 0 Å². The molecule has 0 N–H and O–H groups in total. The van der Waals surface area contributed by atoms with E-state index < -0.39 is 5.79 Å². The summed E-state index contributed by atoms with van der Waals surface area (Å²) in [6, 6.07) is 0. The molecule has 0 radical (unpaired) electrons. The van der Waals surface area contributed by atoms with Gasteiger partial charge in [-0.05, 0) is 20.3 Å². The fourth-order valence-electron chi connectivity index (χ4n) is 1.88. The van der Waals surface area contributed by atoms with Gasteiger partial charge in [0.2, 0.25) is 5.79 Å². The van der Waals surface area contributed by atoms with Gasteiger partial charge in [0.1, 0.15) is 0 Å². The Bertz CT molecular complexity index is 281. The molecule has 0 saturated heterocycles. The number of cyclic esters (lactones) is 1. The summed E-state index contributed by atoms with van der Waals surface area (Å²) in [5, 5.41) is 0. The van der Waals surface area contributed by atoms with Gasteiger partial charge in [0, 0.05) is 24.7 Å². The molecule has 1 aliphatic heterocycles. The van der Waals surface area contributed by atoms with E-state index in [2.05, 4.69) is 6.92 Å². The minimum Gasteiger partial charge on any atom is -0.426 e. The lowest BCUT2D eigenvalue weighted by Gasteiger charge is -2.27. The van der Waals surface area contributed by atoms with E-state index in [-0.39, 0.29) is 5.97 Å². The van der Waals surface area contributed by atoms with Crippen molar-refractivity contribution in [2.75, 3.05) is 7.11 Å². The van der Waals surface area contributed by atoms with Crippen LogP contribution in [-0.2, 0) is 14.3 Å². The molecule has 3 heteroatoms. The lowest BCUT2D eigenvalue weighted by molar-refractivity contribution is -0.195. The molecule has 15 heavy (non-hydrogen) atoms. The topological polar surface area (TPSA) is 35.5 Å². The highest BCUT2D eigenvalue weighted by Crippen LogP contribution is 2.37. The molecule has 86 valence electrons. The summed E-state index contributed by atoms with van der Waals surface area (Å²) < 4.78 is 10.7. The Morgan fingerprint density at radius 2 is 2.00 bits per heavy atom. The van der Waals surface area contributed by atoms with Gasteiger partial charge >= 0.3 is 5.97 Å². The smallest absolute Gasteiger partial charge is 0.336 e. The van der Waals surface area contributed by atoms with E-state index in [0.29, 0.717) is 5.57 Å². The number of unbranched alkanes of at least 4 members (excludes halogenated alkanes) is 2. The molecule has 1 atom stereocenters. The second kappa shape index (κ2) is 4.79. The Hall–Kier alpha value is -0.830. The molecule has 0 saturated carbocycles. The van der Waals surface area contributed by atoms with Crippen LogP contribution >= 0.6 is 0 Å². The number of carbonyl (C=O) groups excluding carboxylic acids is 1. The Kier molecular flexibility index (Phi) is 3.91. The zero-order valence-electron chi connectivity index (χ0n) is 10.1. The van der Waals surface area contributed by atoms with Gasteiger partial charge in [-0.1, -0.05) is 19.8 Å². The average Bonchev–Trinajstić information content (AvgIpc) is 2.44. The molecule has 0 spiro atoms. The maximum atomic E-state index is 11.4. The summed E-state index contributed by atoms with van der Waals surface area (Å²) in [6.45, 7) is 5.85. The van der Waals surface area contributed by atoms with Crippen molar-refractivity contribution >= 4 is 5.97 Å². The van der Waals surface area contributed by atoms with Crippen LogP contribution in [0.1, 0.15) is 46.5 Å². The van der Waals surface area contributed by atoms with Crippen LogP contribution in [0.3, 0.4) is 0 Å². The van der Waals surface area contributed by atoms with Crippen molar-refractivity contribution in [3.8, 4) is 0 Å². The number of esters is 1. The molecule has 1 aliphatic rings. The van der Waals surface area contributed by atoms with Crippen molar-refractivity contribution in [1.82, 2.24) is 0 Å². The monoisotopic (exact) mass is 212 g/mol. The van der Waals surface area contributed by atoms with E-state index in [1.165, 1.54) is 0 Å². The Balaban J connectivity index is 2.75. The normalized spacial score (nSPS) is 26.0. The maximum Gasteiger partial charge on any atom is 0.336 e. The van der Waals surface area contributed by atoms with E-state index in [1.54, 1.807) is 14.0 Å². The third-order valence-corrected chi connectivity index (χ3v) is 3.14. The maximum absolute atomic E-state index is 11.4. The predicted octanol–water partition coefficient (Wildman–Crippen LogP) is 2.80. The fourth-order valence-corrected chi connectivity index (χ4v) is 1.88. The van der Waals surface area contributed by atoms with Crippen molar-refractivity contribution in [2.45, 2.75) is 52.2 Å². The highest BCUT2D eigenvalue weighted by atomic mass is 16.7. The summed E-state index contributed by atoms with van der Waals surface area (Å²) >= 11 is 0. The molecule has 1 unspecified atom stereocenters. The number of rotatable bonds is 5. The summed E-state index contributed by atoms with van der Waals surface area (Å²) in [6.07, 6.45) is 4.05. The van der Waals surface area contributed by atoms with Crippen LogP contribution in [0.25, 0.3) is 0 Å². The van der Waals surface area contributed by atoms with Gasteiger partial charge in [0.25, 0.3) is 0 Å². The summed E-state index contributed by atoms with van der Waals surface area (Å²) in [4.78, 5) is 11.4. The zero-order valence-corrected chi connectivity index (χ0v) is 10.1. The molecule has 0 aliphatic carbocycles. The number of methoxy groups -OCH3 is 1. The SMILES string of the molecule is CCCCCC1(OC)OC(=O)C(C)=C1C. The number of carbonyl (C=O) groups is 1. The third-order valence-electron chi connectivity index (χ3n) is 3.14. The highest BCUT2D eigenvalue weighted by molar-refractivity contribution is 5.92. The van der Waals surface area contributed by atoms with Crippen molar-refractivity contribution in [3.05, 3.63) is 11.1 Å². The minimum absolute atomic E-state index is 0.245. The van der Waals surface area contributed by atoms with Gasteiger partial charge in [-0.25, -0.2) is 4.79 Å². The van der Waals surface area contributed by atoms with Crippen molar-refractivity contribution < 1.29 is 14.3 Å². The van der Waals surface area contributed by atoms with Crippen LogP contribution in [0.2, 0.25) is 0 Å². The molecule has 0 aromatic carbocycles. The predicted molar refractivity (Wildman–Crippen MR) is 58.3 cm³/mol. The Labute approximate surface area is 91.4 Å². The minimum atomic E-state index is -0.781. The summed E-state index contributed by atoms with van der Waals surface area (Å²) in [5.74, 6) is -1.03. The Morgan fingerprint density at radius 3 is 2.40 bits per heavy atom. The van der Waals surface area contributed by atoms with E-state index in [4.69, 9.17) is 9.47 Å². The second-order valence-corrected chi connectivity index (χ2v) is 4.05. The third kappa shape index (κ3) is 2.23. The molecule has 0 bridgehead atoms. The first-order valence-corrected chi connectivity index (χ1v) is 5.54. The molecule has 3 nitrogen and oxygen atoms in total. The van der Waals surface area contributed by atoms with Crippen molar-refractivity contribution in [1.29, 1.82) is 0 Å². The molecule has 1 rings (SSSR count). The standard InChI is InChI=1S/C12H20O3/c1-5-6-7-8-12(14-4)10(3)9(2)11(13)15-12/h5-8H2,1-4H3. The summed E-state index contributed by atoms with van der Waals surface area (Å²) in [7, 11) is 1.60. The lowest BCUT2D eigenvalue weighted by Crippen LogP contribution is -2.33. The first-order chi connectivity index (χ1) is 7.07. The first kappa shape index (κ1) is 12.2. The molecule has 1 heterocycles. The largest absolute Gasteiger partial charge is 0.426 e. The number of hydrogen-bond donors (Lipinski definition) is 0. The van der Waals surface area contributed by atoms with Crippen molar-refractivity contribution in [3.63, 3.8) is 0 Å². The van der Waals surface area contributed by atoms with Crippen LogP contribution in [0.4, 0.5) is 0 Å². The number of ether oxygens (including phenoxy) is 2. The van der Waals surface area contributed by atoms with Crippen LogP contribution in [0.5, 0.6) is 0 Å². The van der Waals surface area contributed by atoms with Crippen LogP contribution in [0, 0.1) is 0 Å². The Morgan fingerprint density at radius 1 is 1.33 bits per heavy atom. The van der Waals surface area contributed by atoms with Crippen molar-refractivity contribution in [2.24, 2.45) is 0 Å². The first-order valence-electron chi connectivity index (χ1n) is 5.54. The van der Waals surface area contributed by atoms with Crippen LogP contribution in [-0.4, -0.2) is 18.9 Å². The van der Waals surface area contributed by atoms with Gasteiger partial charge in [-0.3, -0.25) is 0 Å². The fraction of sp³-hybridized carbons (Fsp3) is 0.750. The van der Waals surface area contributed by atoms with E-state index in [1.807, 2.05) is 6.92 Å². The molecule has 0 aromatic rings. The molecule has 0 amide bonds. The lowest BCUT2D eigenvalue weighted by atomic mass is 9.99. The van der Waals surface area contributed by atoms with Gasteiger partial charge in [0.05, 0.1) is 0 Å². The molecular formula is C12H20O3. The van der Waals surface area contributed by atoms with E-state index in [0.717, 1.165) is 31.3 Å². The van der Waals surface area contributed by atoms with Crippen LogP contribution in [0.15, 0.2) is 11.1 Å². The second-order valence-electron chi connectivity index (χ2n) is 4.05. The van der Waals surface area contributed by atoms with Gasteiger partial charge < -0.3 is 9.47 Å². The van der Waals surface area contributed by atoms with Gasteiger partial charge in [-0.15, -0.1) is 0 Å². The molecule has 0 fully saturated rings. The quantitative estimate of drug-likeness (QED) is 0.519.